The molecule has 2 heterocycles. The highest BCUT2D eigenvalue weighted by Crippen LogP contribution is 2.22. The molecular formula is C22H21FN6O2. The van der Waals surface area contributed by atoms with Crippen molar-refractivity contribution in [1.82, 2.24) is 10.3 Å². The molecule has 0 bridgehead atoms. The van der Waals surface area contributed by atoms with E-state index >= 15 is 0 Å². The Morgan fingerprint density at radius 1 is 1.23 bits per heavy atom. The molecule has 8 nitrogen and oxygen atoms in total. The van der Waals surface area contributed by atoms with Gasteiger partial charge in [0.15, 0.2) is 0 Å². The van der Waals surface area contributed by atoms with E-state index in [0.29, 0.717) is 35.2 Å². The Morgan fingerprint density at radius 2 is 2.00 bits per heavy atom. The first-order valence-electron chi connectivity index (χ1n) is 9.75. The van der Waals surface area contributed by atoms with Crippen molar-refractivity contribution in [2.45, 2.75) is 6.92 Å². The first kappa shape index (κ1) is 20.4. The number of benzene rings is 2. The molecule has 2 aromatic carbocycles. The fourth-order valence-corrected chi connectivity index (χ4v) is 3.46. The van der Waals surface area contributed by atoms with Crippen LogP contribution < -0.4 is 21.1 Å². The average molecular weight is 420 g/mol. The van der Waals surface area contributed by atoms with Gasteiger partial charge in [-0.25, -0.2) is 9.92 Å². The Kier molecular flexibility index (Phi) is 5.59. The number of amides is 1. The second-order valence-corrected chi connectivity index (χ2v) is 7.26. The Labute approximate surface area is 177 Å². The number of carbonyl (C=O) groups is 1. The van der Waals surface area contributed by atoms with Gasteiger partial charge in [-0.2, -0.15) is 5.11 Å². The zero-order chi connectivity index (χ0) is 22.0. The quantitative estimate of drug-likeness (QED) is 0.474. The monoisotopic (exact) mass is 420 g/mol. The normalized spacial score (nSPS) is 14.7. The molecule has 3 aromatic rings. The van der Waals surface area contributed by atoms with Crippen LogP contribution in [0.4, 0.5) is 15.8 Å². The molecule has 31 heavy (non-hydrogen) atoms. The number of pyridine rings is 1. The van der Waals surface area contributed by atoms with Crippen LogP contribution in [0, 0.1) is 18.3 Å². The molecule has 1 aliphatic rings. The van der Waals surface area contributed by atoms with Crippen molar-refractivity contribution >= 4 is 33.9 Å². The highest BCUT2D eigenvalue weighted by molar-refractivity contribution is 5.95. The number of H-pyrrole nitrogens is 1. The summed E-state index contributed by atoms with van der Waals surface area (Å²) in [4.78, 5) is 28.9. The Bertz CT molecular complexity index is 1250. The van der Waals surface area contributed by atoms with Crippen molar-refractivity contribution in [1.29, 1.82) is 5.53 Å². The summed E-state index contributed by atoms with van der Waals surface area (Å²) in [5, 5.41) is 10.0. The maximum atomic E-state index is 13.9. The zero-order valence-electron chi connectivity index (χ0n) is 16.8. The van der Waals surface area contributed by atoms with Crippen molar-refractivity contribution < 1.29 is 9.18 Å². The smallest absolute Gasteiger partial charge is 0.258 e. The first-order chi connectivity index (χ1) is 15.0. The number of hydrogen-bond acceptors (Lipinski definition) is 6. The fourth-order valence-electron chi connectivity index (χ4n) is 3.46. The number of piperazine rings is 1. The van der Waals surface area contributed by atoms with Crippen LogP contribution in [-0.2, 0) is 4.79 Å². The Hall–Kier alpha value is -3.85. The van der Waals surface area contributed by atoms with Crippen molar-refractivity contribution in [3.63, 3.8) is 0 Å². The molecule has 158 valence electrons. The number of aromatic nitrogens is 1. The van der Waals surface area contributed by atoms with E-state index < -0.39 is 5.56 Å². The van der Waals surface area contributed by atoms with Crippen LogP contribution in [0.15, 0.2) is 58.6 Å². The van der Waals surface area contributed by atoms with Gasteiger partial charge in [0, 0.05) is 41.6 Å². The third-order valence-electron chi connectivity index (χ3n) is 5.16. The second-order valence-electron chi connectivity index (χ2n) is 7.26. The standard InChI is InChI=1S/C22H21FN6O2/c1-13-8-19-14(10-18(13)23)9-17(22(31)27-19)20(28-24)11-26-15-2-4-16(5-3-15)29-7-6-25-12-21(29)30/h2-5,8-11,24-26H,6-7,12H2,1H3,(H,27,31)/b20-11-,28-24?. The lowest BCUT2D eigenvalue weighted by atomic mass is 10.1. The fraction of sp³-hybridized carbons (Fsp3) is 0.182. The third-order valence-corrected chi connectivity index (χ3v) is 5.16. The predicted molar refractivity (Wildman–Crippen MR) is 118 cm³/mol. The number of nitrogens with one attached hydrogen (secondary N) is 4. The van der Waals surface area contributed by atoms with Crippen molar-refractivity contribution in [2.24, 2.45) is 5.11 Å². The highest BCUT2D eigenvalue weighted by atomic mass is 19.1. The van der Waals surface area contributed by atoms with Crippen LogP contribution in [0.25, 0.3) is 16.6 Å². The van der Waals surface area contributed by atoms with Crippen molar-refractivity contribution in [3.05, 3.63) is 76.0 Å². The van der Waals surface area contributed by atoms with Crippen LogP contribution in [0.1, 0.15) is 11.1 Å². The molecule has 1 aliphatic heterocycles. The van der Waals surface area contributed by atoms with Crippen LogP contribution in [-0.4, -0.2) is 30.5 Å². The highest BCUT2D eigenvalue weighted by Gasteiger charge is 2.18. The summed E-state index contributed by atoms with van der Waals surface area (Å²) in [5.74, 6) is -0.357. The number of aromatic amines is 1. The number of aryl methyl sites for hydroxylation is 1. The molecule has 0 aliphatic carbocycles. The molecule has 4 N–H and O–H groups in total. The summed E-state index contributed by atoms with van der Waals surface area (Å²) >= 11 is 0. The van der Waals surface area contributed by atoms with Crippen molar-refractivity contribution in [3.8, 4) is 0 Å². The Morgan fingerprint density at radius 3 is 2.71 bits per heavy atom. The molecule has 0 radical (unpaired) electrons. The maximum Gasteiger partial charge on any atom is 0.258 e. The SMILES string of the molecule is Cc1cc2[nH]c(=O)c(/C(=C/Nc3ccc(N4CCNCC4=O)cc3)N=N)cc2cc1F. The molecule has 1 fully saturated rings. The number of hydrogen-bond donors (Lipinski definition) is 4. The van der Waals surface area contributed by atoms with Gasteiger partial charge in [-0.05, 0) is 55.0 Å². The van der Waals surface area contributed by atoms with Gasteiger partial charge in [0.2, 0.25) is 5.91 Å². The van der Waals surface area contributed by atoms with Crippen LogP contribution >= 0.6 is 0 Å². The van der Waals surface area contributed by atoms with E-state index in [2.05, 4.69) is 20.7 Å². The van der Waals surface area contributed by atoms with E-state index in [-0.39, 0.29) is 23.0 Å². The van der Waals surface area contributed by atoms with Gasteiger partial charge < -0.3 is 20.5 Å². The molecule has 1 aromatic heterocycles. The van der Waals surface area contributed by atoms with E-state index in [1.807, 2.05) is 12.1 Å². The van der Waals surface area contributed by atoms with Gasteiger partial charge >= 0.3 is 0 Å². The summed E-state index contributed by atoms with van der Waals surface area (Å²) in [5.41, 5.74) is 9.76. The predicted octanol–water partition coefficient (Wildman–Crippen LogP) is 3.35. The van der Waals surface area contributed by atoms with E-state index in [4.69, 9.17) is 5.53 Å². The lowest BCUT2D eigenvalue weighted by molar-refractivity contribution is -0.118. The minimum absolute atomic E-state index is 0.0179. The number of anilines is 2. The molecule has 0 atom stereocenters. The number of carbonyl (C=O) groups excluding carboxylic acids is 1. The van der Waals surface area contributed by atoms with Crippen LogP contribution in [0.5, 0.6) is 0 Å². The number of halogens is 1. The molecule has 0 spiro atoms. The van der Waals surface area contributed by atoms with E-state index in [9.17, 15) is 14.0 Å². The number of fused-ring (bicyclic) bond motifs is 1. The number of nitrogens with zero attached hydrogens (tertiary/aromatic N) is 2. The van der Waals surface area contributed by atoms with E-state index in [1.54, 1.807) is 30.0 Å². The maximum absolute atomic E-state index is 13.9. The molecule has 0 saturated carbocycles. The van der Waals surface area contributed by atoms with Gasteiger partial charge in [0.25, 0.3) is 5.56 Å². The minimum atomic E-state index is -0.421. The molecule has 1 saturated heterocycles. The van der Waals surface area contributed by atoms with Gasteiger partial charge in [0.1, 0.15) is 11.5 Å². The number of rotatable bonds is 5. The topological polar surface area (TPSA) is 113 Å². The summed E-state index contributed by atoms with van der Waals surface area (Å²) in [6.45, 7) is 3.30. The Balaban J connectivity index is 1.58. The minimum Gasteiger partial charge on any atom is -0.360 e. The van der Waals surface area contributed by atoms with Gasteiger partial charge in [-0.15, -0.1) is 0 Å². The molecule has 1 amide bonds. The lowest BCUT2D eigenvalue weighted by Gasteiger charge is -2.27. The third kappa shape index (κ3) is 4.22. The largest absolute Gasteiger partial charge is 0.360 e. The van der Waals surface area contributed by atoms with Crippen LogP contribution in [0.2, 0.25) is 0 Å². The first-order valence-corrected chi connectivity index (χ1v) is 9.75. The zero-order valence-corrected chi connectivity index (χ0v) is 16.8. The molecule has 9 heteroatoms. The summed E-state index contributed by atoms with van der Waals surface area (Å²) in [6, 6.07) is 11.7. The van der Waals surface area contributed by atoms with E-state index in [1.165, 1.54) is 18.3 Å². The summed E-state index contributed by atoms with van der Waals surface area (Å²) in [7, 11) is 0. The van der Waals surface area contributed by atoms with Gasteiger partial charge in [0.05, 0.1) is 12.1 Å². The second kappa shape index (κ2) is 8.49. The summed E-state index contributed by atoms with van der Waals surface area (Å²) in [6.07, 6.45) is 1.44. The average Bonchev–Trinajstić information content (AvgIpc) is 2.76. The molecule has 0 unspecified atom stereocenters. The molecular weight excluding hydrogens is 399 g/mol. The lowest BCUT2D eigenvalue weighted by Crippen LogP contribution is -2.48. The van der Waals surface area contributed by atoms with Crippen molar-refractivity contribution in [2.75, 3.05) is 29.9 Å². The summed E-state index contributed by atoms with van der Waals surface area (Å²) < 4.78 is 13.9. The molecule has 4 rings (SSSR count). The van der Waals surface area contributed by atoms with Crippen LogP contribution in [0.3, 0.4) is 0 Å². The van der Waals surface area contributed by atoms with Gasteiger partial charge in [-0.3, -0.25) is 9.59 Å². The van der Waals surface area contributed by atoms with E-state index in [0.717, 1.165) is 12.2 Å². The van der Waals surface area contributed by atoms with Gasteiger partial charge in [-0.1, -0.05) is 0 Å².